The van der Waals surface area contributed by atoms with Crippen molar-refractivity contribution in [2.45, 2.75) is 12.7 Å². The summed E-state index contributed by atoms with van der Waals surface area (Å²) in [6, 6.07) is 5.16. The highest BCUT2D eigenvalue weighted by Gasteiger charge is 2.37. The largest absolute Gasteiger partial charge is 0.454 e. The Bertz CT molecular complexity index is 946. The molecular formula is C16H15F3N4O4. The van der Waals surface area contributed by atoms with E-state index in [-0.39, 0.29) is 19.9 Å². The van der Waals surface area contributed by atoms with Gasteiger partial charge in [0.15, 0.2) is 11.5 Å². The zero-order valence-electron chi connectivity index (χ0n) is 14.1. The zero-order chi connectivity index (χ0) is 19.6. The van der Waals surface area contributed by atoms with E-state index in [9.17, 15) is 22.8 Å². The summed E-state index contributed by atoms with van der Waals surface area (Å²) < 4.78 is 49.6. The maximum absolute atomic E-state index is 12.7. The number of aromatic nitrogens is 3. The third kappa shape index (κ3) is 4.13. The van der Waals surface area contributed by atoms with E-state index in [1.165, 1.54) is 6.08 Å². The highest BCUT2D eigenvalue weighted by molar-refractivity contribution is 5.91. The summed E-state index contributed by atoms with van der Waals surface area (Å²) in [6.07, 6.45) is -1.92. The fourth-order valence-corrected chi connectivity index (χ4v) is 2.41. The van der Waals surface area contributed by atoms with Crippen molar-refractivity contribution >= 4 is 12.0 Å². The summed E-state index contributed by atoms with van der Waals surface area (Å²) in [5, 5.41) is 5.73. The number of carbonyl (C=O) groups is 1. The predicted octanol–water partition coefficient (Wildman–Crippen LogP) is 1.16. The van der Waals surface area contributed by atoms with Gasteiger partial charge in [0.05, 0.1) is 6.54 Å². The van der Waals surface area contributed by atoms with Crippen LogP contribution in [-0.4, -0.2) is 33.6 Å². The molecule has 2 heterocycles. The third-order valence-corrected chi connectivity index (χ3v) is 3.74. The second-order valence-corrected chi connectivity index (χ2v) is 5.62. The Balaban J connectivity index is 1.55. The molecule has 8 nitrogen and oxygen atoms in total. The first-order valence-corrected chi connectivity index (χ1v) is 7.82. The molecule has 0 spiro atoms. The van der Waals surface area contributed by atoms with Crippen molar-refractivity contribution < 1.29 is 27.4 Å². The number of halogens is 3. The van der Waals surface area contributed by atoms with Crippen LogP contribution >= 0.6 is 0 Å². The number of carbonyl (C=O) groups excluding carboxylic acids is 1. The molecule has 0 fully saturated rings. The van der Waals surface area contributed by atoms with Gasteiger partial charge in [0.1, 0.15) is 0 Å². The van der Waals surface area contributed by atoms with E-state index >= 15 is 0 Å². The smallest absolute Gasteiger partial charge is 0.451 e. The SMILES string of the molecule is Cn1c(C(F)(F)F)nn(CCNC(=O)/C=C/c2ccc3c(c2)OCO3)c1=O. The lowest BCUT2D eigenvalue weighted by Gasteiger charge is -2.03. The minimum absolute atomic E-state index is 0.0570. The molecule has 0 saturated heterocycles. The highest BCUT2D eigenvalue weighted by Crippen LogP contribution is 2.32. The fraction of sp³-hybridized carbons (Fsp3) is 0.312. The Morgan fingerprint density at radius 2 is 2.07 bits per heavy atom. The maximum atomic E-state index is 12.7. The van der Waals surface area contributed by atoms with Gasteiger partial charge in [0.2, 0.25) is 18.5 Å². The number of fused-ring (bicyclic) bond motifs is 1. The van der Waals surface area contributed by atoms with Crippen LogP contribution in [0.3, 0.4) is 0 Å². The normalized spacial score (nSPS) is 13.3. The Morgan fingerprint density at radius 1 is 1.33 bits per heavy atom. The van der Waals surface area contributed by atoms with Crippen LogP contribution in [0.4, 0.5) is 13.2 Å². The van der Waals surface area contributed by atoms with E-state index in [0.29, 0.717) is 26.3 Å². The van der Waals surface area contributed by atoms with Gasteiger partial charge >= 0.3 is 11.9 Å². The number of benzene rings is 1. The molecule has 144 valence electrons. The third-order valence-electron chi connectivity index (χ3n) is 3.74. The number of rotatable bonds is 5. The summed E-state index contributed by atoms with van der Waals surface area (Å²) in [6.45, 7) is -0.100. The van der Waals surface area contributed by atoms with E-state index in [2.05, 4.69) is 10.4 Å². The molecule has 0 aliphatic carbocycles. The molecule has 1 aromatic carbocycles. The summed E-state index contributed by atoms with van der Waals surface area (Å²) >= 11 is 0. The topological polar surface area (TPSA) is 87.4 Å². The number of amides is 1. The van der Waals surface area contributed by atoms with Crippen LogP contribution in [0.15, 0.2) is 29.1 Å². The predicted molar refractivity (Wildman–Crippen MR) is 87.1 cm³/mol. The Labute approximate surface area is 150 Å². The lowest BCUT2D eigenvalue weighted by molar-refractivity contribution is -0.147. The Kier molecular flexibility index (Phi) is 4.93. The number of hydrogen-bond acceptors (Lipinski definition) is 5. The highest BCUT2D eigenvalue weighted by atomic mass is 19.4. The van der Waals surface area contributed by atoms with Crippen molar-refractivity contribution in [2.75, 3.05) is 13.3 Å². The molecule has 1 aliphatic heterocycles. The second-order valence-electron chi connectivity index (χ2n) is 5.62. The average molecular weight is 384 g/mol. The quantitative estimate of drug-likeness (QED) is 0.782. The van der Waals surface area contributed by atoms with Crippen molar-refractivity contribution in [1.29, 1.82) is 0 Å². The van der Waals surface area contributed by atoms with Gasteiger partial charge in [-0.3, -0.25) is 9.36 Å². The van der Waals surface area contributed by atoms with Gasteiger partial charge in [0, 0.05) is 19.7 Å². The van der Waals surface area contributed by atoms with Crippen LogP contribution in [0.25, 0.3) is 6.08 Å². The van der Waals surface area contributed by atoms with Gasteiger partial charge in [0.25, 0.3) is 0 Å². The number of nitrogens with one attached hydrogen (secondary N) is 1. The van der Waals surface area contributed by atoms with Gasteiger partial charge in [-0.25, -0.2) is 9.48 Å². The van der Waals surface area contributed by atoms with Crippen LogP contribution in [0, 0.1) is 0 Å². The maximum Gasteiger partial charge on any atom is 0.451 e. The molecule has 3 rings (SSSR count). The van der Waals surface area contributed by atoms with Crippen molar-refractivity contribution in [1.82, 2.24) is 19.7 Å². The molecule has 1 N–H and O–H groups in total. The van der Waals surface area contributed by atoms with Crippen LogP contribution < -0.4 is 20.5 Å². The number of hydrogen-bond donors (Lipinski definition) is 1. The number of nitrogens with zero attached hydrogens (tertiary/aromatic N) is 3. The average Bonchev–Trinajstić information content (AvgIpc) is 3.18. The first-order valence-electron chi connectivity index (χ1n) is 7.82. The van der Waals surface area contributed by atoms with Crippen molar-refractivity contribution in [3.8, 4) is 11.5 Å². The minimum atomic E-state index is -4.73. The van der Waals surface area contributed by atoms with Gasteiger partial charge in [-0.2, -0.15) is 13.2 Å². The standard InChI is InChI=1S/C16H15F3N4O4/c1-22-14(16(17,18)19)21-23(15(22)25)7-6-20-13(24)5-3-10-2-4-11-12(8-10)27-9-26-11/h2-5,8H,6-7,9H2,1H3,(H,20,24)/b5-3+. The van der Waals surface area contributed by atoms with Crippen LogP contribution in [-0.2, 0) is 24.6 Å². The van der Waals surface area contributed by atoms with Gasteiger partial charge in [-0.15, -0.1) is 5.10 Å². The van der Waals surface area contributed by atoms with Crippen molar-refractivity contribution in [2.24, 2.45) is 7.05 Å². The molecule has 1 aliphatic rings. The van der Waals surface area contributed by atoms with Crippen LogP contribution in [0.5, 0.6) is 11.5 Å². The van der Waals surface area contributed by atoms with E-state index in [1.807, 2.05) is 0 Å². The van der Waals surface area contributed by atoms with E-state index in [1.54, 1.807) is 24.3 Å². The molecular weight excluding hydrogens is 369 g/mol. The first-order chi connectivity index (χ1) is 12.8. The van der Waals surface area contributed by atoms with E-state index < -0.39 is 23.6 Å². The van der Waals surface area contributed by atoms with Crippen molar-refractivity contribution in [3.63, 3.8) is 0 Å². The van der Waals surface area contributed by atoms with Gasteiger partial charge in [-0.05, 0) is 23.8 Å². The molecule has 0 atom stereocenters. The van der Waals surface area contributed by atoms with Crippen LogP contribution in [0.2, 0.25) is 0 Å². The molecule has 1 aromatic heterocycles. The second kappa shape index (κ2) is 7.17. The zero-order valence-corrected chi connectivity index (χ0v) is 14.1. The van der Waals surface area contributed by atoms with Crippen molar-refractivity contribution in [3.05, 3.63) is 46.1 Å². The molecule has 27 heavy (non-hydrogen) atoms. The first kappa shape index (κ1) is 18.5. The Morgan fingerprint density at radius 3 is 2.78 bits per heavy atom. The monoisotopic (exact) mass is 384 g/mol. The summed E-state index contributed by atoms with van der Waals surface area (Å²) in [5.74, 6) is -0.558. The summed E-state index contributed by atoms with van der Waals surface area (Å²) in [7, 11) is 0.987. The molecule has 11 heteroatoms. The van der Waals surface area contributed by atoms with Gasteiger partial charge in [-0.1, -0.05) is 6.07 Å². The molecule has 1 amide bonds. The Hall–Kier alpha value is -3.24. The molecule has 2 aromatic rings. The van der Waals surface area contributed by atoms with E-state index in [0.717, 1.165) is 7.05 Å². The molecule has 0 radical (unpaired) electrons. The number of ether oxygens (including phenoxy) is 2. The summed E-state index contributed by atoms with van der Waals surface area (Å²) in [5.41, 5.74) is -0.197. The number of alkyl halides is 3. The minimum Gasteiger partial charge on any atom is -0.454 e. The fourth-order valence-electron chi connectivity index (χ4n) is 2.41. The van der Waals surface area contributed by atoms with E-state index in [4.69, 9.17) is 9.47 Å². The molecule has 0 saturated carbocycles. The lowest BCUT2D eigenvalue weighted by Crippen LogP contribution is -2.31. The molecule has 0 bridgehead atoms. The summed E-state index contributed by atoms with van der Waals surface area (Å²) in [4.78, 5) is 23.5. The van der Waals surface area contributed by atoms with Gasteiger partial charge < -0.3 is 14.8 Å². The molecule has 0 unspecified atom stereocenters. The van der Waals surface area contributed by atoms with Crippen LogP contribution in [0.1, 0.15) is 11.4 Å². The lowest BCUT2D eigenvalue weighted by atomic mass is 10.2.